The first-order chi connectivity index (χ1) is 15.3. The average molecular weight is 559 g/mol. The molecule has 1 heterocycles. The summed E-state index contributed by atoms with van der Waals surface area (Å²) in [6, 6.07) is 17.1. The molecule has 0 saturated heterocycles. The largest absolute Gasteiger partial charge is 0.493 e. The van der Waals surface area contributed by atoms with Crippen molar-refractivity contribution in [1.82, 2.24) is 4.68 Å². The molecule has 8 heteroatoms. The molecule has 164 valence electrons. The summed E-state index contributed by atoms with van der Waals surface area (Å²) in [5, 5.41) is 9.55. The molecule has 1 N–H and O–H groups in total. The molecule has 0 aliphatic heterocycles. The quantitative estimate of drug-likeness (QED) is 0.289. The number of aryl methyl sites for hydroxylation is 2. The van der Waals surface area contributed by atoms with Gasteiger partial charge in [-0.3, -0.25) is 14.9 Å². The van der Waals surface area contributed by atoms with Crippen LogP contribution in [-0.4, -0.2) is 17.7 Å². The van der Waals surface area contributed by atoms with E-state index in [1.165, 1.54) is 13.2 Å². The van der Waals surface area contributed by atoms with Crippen molar-refractivity contribution in [2.45, 2.75) is 20.5 Å². The van der Waals surface area contributed by atoms with Crippen LogP contribution in [0.25, 0.3) is 6.08 Å². The number of nitrogens with zero attached hydrogens (tertiary/aromatic N) is 2. The normalized spacial score (nSPS) is 11.1. The second-order valence-corrected chi connectivity index (χ2v) is 8.78. The van der Waals surface area contributed by atoms with Crippen LogP contribution in [0, 0.1) is 25.2 Å². The summed E-state index contributed by atoms with van der Waals surface area (Å²) in [6.45, 7) is 4.11. The Morgan fingerprint density at radius 1 is 1.12 bits per heavy atom. The summed E-state index contributed by atoms with van der Waals surface area (Å²) in [7, 11) is 1.54. The van der Waals surface area contributed by atoms with E-state index in [9.17, 15) is 10.1 Å². The van der Waals surface area contributed by atoms with Crippen LogP contribution in [0.2, 0.25) is 0 Å². The van der Waals surface area contributed by atoms with Crippen molar-refractivity contribution >= 4 is 43.8 Å². The Balaban J connectivity index is 1.83. The number of ether oxygens (including phenoxy) is 2. The van der Waals surface area contributed by atoms with E-state index in [0.717, 1.165) is 21.4 Å². The van der Waals surface area contributed by atoms with Gasteiger partial charge in [-0.05, 0) is 83.4 Å². The van der Waals surface area contributed by atoms with Crippen LogP contribution in [0.3, 0.4) is 0 Å². The van der Waals surface area contributed by atoms with Crippen LogP contribution in [-0.2, 0) is 11.4 Å². The maximum atomic E-state index is 12.6. The fourth-order valence-electron chi connectivity index (χ4n) is 3.02. The van der Waals surface area contributed by atoms with E-state index in [0.29, 0.717) is 28.1 Å². The zero-order chi connectivity index (χ0) is 23.3. The van der Waals surface area contributed by atoms with Crippen molar-refractivity contribution in [2.75, 3.05) is 12.5 Å². The summed E-state index contributed by atoms with van der Waals surface area (Å²) < 4.78 is 14.7. The molecule has 6 nitrogen and oxygen atoms in total. The fourth-order valence-corrected chi connectivity index (χ4v) is 3.86. The number of methoxy groups -OCH3 is 1. The minimum absolute atomic E-state index is 0.0324. The van der Waals surface area contributed by atoms with Crippen molar-refractivity contribution in [2.24, 2.45) is 0 Å². The Morgan fingerprint density at radius 2 is 1.78 bits per heavy atom. The zero-order valence-electron chi connectivity index (χ0n) is 17.8. The smallest absolute Gasteiger partial charge is 0.280 e. The second-order valence-electron chi connectivity index (χ2n) is 7.01. The Kier molecular flexibility index (Phi) is 7.78. The first-order valence-electron chi connectivity index (χ1n) is 9.65. The maximum Gasteiger partial charge on any atom is 0.280 e. The van der Waals surface area contributed by atoms with Gasteiger partial charge in [0.05, 0.1) is 11.6 Å². The standard InChI is InChI=1S/C24H21Br2N3O3/c1-15-4-5-16(2)29(15)28-24(30)19(13-27)10-18-11-21(26)23(22(12-18)31-3)32-14-17-6-8-20(25)9-7-17/h4-12H,14H2,1-3H3,(H,28,30)/b19-10-. The molecule has 0 unspecified atom stereocenters. The molecule has 1 amide bonds. The third-order valence-corrected chi connectivity index (χ3v) is 5.83. The number of rotatable bonds is 7. The number of amides is 1. The number of halogens is 2. The Bertz CT molecular complexity index is 1190. The Morgan fingerprint density at radius 3 is 2.38 bits per heavy atom. The number of nitriles is 1. The molecule has 3 aromatic rings. The predicted octanol–water partition coefficient (Wildman–Crippen LogP) is 5.89. The maximum absolute atomic E-state index is 12.6. The molecule has 0 saturated carbocycles. The number of carbonyl (C=O) groups excluding carboxylic acids is 1. The second kappa shape index (κ2) is 10.5. The van der Waals surface area contributed by atoms with Gasteiger partial charge in [0, 0.05) is 15.9 Å². The van der Waals surface area contributed by atoms with Crippen molar-refractivity contribution in [3.8, 4) is 17.6 Å². The lowest BCUT2D eigenvalue weighted by Gasteiger charge is -2.14. The first-order valence-corrected chi connectivity index (χ1v) is 11.2. The molecular weight excluding hydrogens is 538 g/mol. The molecule has 0 bridgehead atoms. The number of nitrogens with one attached hydrogen (secondary N) is 1. The summed E-state index contributed by atoms with van der Waals surface area (Å²) in [5.74, 6) is 0.521. The van der Waals surface area contributed by atoms with Crippen molar-refractivity contribution in [1.29, 1.82) is 5.26 Å². The van der Waals surface area contributed by atoms with Crippen LogP contribution < -0.4 is 14.9 Å². The molecule has 0 spiro atoms. The summed E-state index contributed by atoms with van der Waals surface area (Å²) in [6.07, 6.45) is 1.51. The zero-order valence-corrected chi connectivity index (χ0v) is 21.0. The Hall–Kier alpha value is -3.02. The van der Waals surface area contributed by atoms with E-state index in [-0.39, 0.29) is 5.57 Å². The fraction of sp³-hybridized carbons (Fsp3) is 0.167. The van der Waals surface area contributed by atoms with Crippen LogP contribution in [0.1, 0.15) is 22.5 Å². The van der Waals surface area contributed by atoms with Crippen LogP contribution in [0.5, 0.6) is 11.5 Å². The van der Waals surface area contributed by atoms with Gasteiger partial charge < -0.3 is 9.47 Å². The molecule has 2 aromatic carbocycles. The molecule has 3 rings (SSSR count). The van der Waals surface area contributed by atoms with Gasteiger partial charge in [-0.1, -0.05) is 28.1 Å². The third kappa shape index (κ3) is 5.61. The number of aromatic nitrogens is 1. The van der Waals surface area contributed by atoms with Gasteiger partial charge in [-0.2, -0.15) is 5.26 Å². The highest BCUT2D eigenvalue weighted by Crippen LogP contribution is 2.37. The average Bonchev–Trinajstić information content (AvgIpc) is 3.09. The molecule has 32 heavy (non-hydrogen) atoms. The van der Waals surface area contributed by atoms with Gasteiger partial charge in [0.25, 0.3) is 5.91 Å². The van der Waals surface area contributed by atoms with Crippen molar-refractivity contribution < 1.29 is 14.3 Å². The summed E-state index contributed by atoms with van der Waals surface area (Å²) >= 11 is 6.93. The molecule has 0 atom stereocenters. The van der Waals surface area contributed by atoms with E-state index in [2.05, 4.69) is 37.3 Å². The highest BCUT2D eigenvalue weighted by Gasteiger charge is 2.15. The molecule has 0 aliphatic rings. The lowest BCUT2D eigenvalue weighted by molar-refractivity contribution is -0.113. The van der Waals surface area contributed by atoms with E-state index >= 15 is 0 Å². The van der Waals surface area contributed by atoms with Gasteiger partial charge in [-0.15, -0.1) is 0 Å². The number of hydrogen-bond acceptors (Lipinski definition) is 4. The highest BCUT2D eigenvalue weighted by molar-refractivity contribution is 9.10. The lowest BCUT2D eigenvalue weighted by Crippen LogP contribution is -2.25. The molecule has 0 fully saturated rings. The third-order valence-electron chi connectivity index (χ3n) is 4.71. The minimum atomic E-state index is -0.499. The van der Waals surface area contributed by atoms with E-state index < -0.39 is 5.91 Å². The molecule has 0 aliphatic carbocycles. The van der Waals surface area contributed by atoms with Crippen LogP contribution >= 0.6 is 31.9 Å². The Labute approximate surface area is 203 Å². The SMILES string of the molecule is COc1cc(/C=C(/C#N)C(=O)Nn2c(C)ccc2C)cc(Br)c1OCc1ccc(Br)cc1. The van der Waals surface area contributed by atoms with Crippen molar-refractivity contribution in [3.63, 3.8) is 0 Å². The summed E-state index contributed by atoms with van der Waals surface area (Å²) in [5.41, 5.74) is 6.07. The number of carbonyl (C=O) groups is 1. The van der Waals surface area contributed by atoms with E-state index in [4.69, 9.17) is 9.47 Å². The molecular formula is C24H21Br2N3O3. The molecule has 0 radical (unpaired) electrons. The van der Waals surface area contributed by atoms with Gasteiger partial charge in [0.2, 0.25) is 0 Å². The highest BCUT2D eigenvalue weighted by atomic mass is 79.9. The molecule has 1 aromatic heterocycles. The minimum Gasteiger partial charge on any atom is -0.493 e. The number of benzene rings is 2. The van der Waals surface area contributed by atoms with Crippen LogP contribution in [0.4, 0.5) is 0 Å². The monoisotopic (exact) mass is 557 g/mol. The predicted molar refractivity (Wildman–Crippen MR) is 131 cm³/mol. The van der Waals surface area contributed by atoms with Gasteiger partial charge in [0.1, 0.15) is 18.2 Å². The van der Waals surface area contributed by atoms with Crippen molar-refractivity contribution in [3.05, 3.63) is 85.6 Å². The first kappa shape index (κ1) is 23.6. The van der Waals surface area contributed by atoms with E-state index in [1.807, 2.05) is 56.3 Å². The lowest BCUT2D eigenvalue weighted by atomic mass is 10.1. The van der Waals surface area contributed by atoms with Gasteiger partial charge in [0.15, 0.2) is 11.5 Å². The van der Waals surface area contributed by atoms with Gasteiger partial charge >= 0.3 is 0 Å². The summed E-state index contributed by atoms with van der Waals surface area (Å²) in [4.78, 5) is 12.6. The topological polar surface area (TPSA) is 76.3 Å². The number of hydrogen-bond donors (Lipinski definition) is 1. The van der Waals surface area contributed by atoms with Gasteiger partial charge in [-0.25, -0.2) is 0 Å². The van der Waals surface area contributed by atoms with Crippen LogP contribution in [0.15, 0.2) is 63.0 Å². The van der Waals surface area contributed by atoms with E-state index in [1.54, 1.807) is 16.8 Å².